The summed E-state index contributed by atoms with van der Waals surface area (Å²) in [5, 5.41) is 11.9. The molecule has 4 aromatic rings. The molecule has 2 heterocycles. The van der Waals surface area contributed by atoms with Crippen LogP contribution in [0.1, 0.15) is 17.5 Å². The zero-order chi connectivity index (χ0) is 15.8. The van der Waals surface area contributed by atoms with Gasteiger partial charge in [-0.3, -0.25) is 4.79 Å². The van der Waals surface area contributed by atoms with Gasteiger partial charge in [-0.15, -0.1) is 11.3 Å². The Balaban J connectivity index is 1.77. The highest BCUT2D eigenvalue weighted by Gasteiger charge is 2.14. The molecule has 0 amide bonds. The van der Waals surface area contributed by atoms with E-state index >= 15 is 0 Å². The maximum absolute atomic E-state index is 12.4. The summed E-state index contributed by atoms with van der Waals surface area (Å²) in [6.07, 6.45) is -0.408. The number of fused-ring (bicyclic) bond motifs is 3. The SMILES string of the molecule is O=c1[nH]c(CC(O)c2ccccc2)nc2sc3ccccc3c12. The maximum Gasteiger partial charge on any atom is 0.260 e. The summed E-state index contributed by atoms with van der Waals surface area (Å²) in [4.78, 5) is 20.5. The number of benzene rings is 2. The number of nitrogens with one attached hydrogen (secondary N) is 1. The third kappa shape index (κ3) is 2.54. The number of thiophene rings is 1. The second kappa shape index (κ2) is 5.61. The van der Waals surface area contributed by atoms with Gasteiger partial charge in [0.05, 0.1) is 11.5 Å². The first kappa shape index (κ1) is 14.1. The predicted molar refractivity (Wildman–Crippen MR) is 92.9 cm³/mol. The lowest BCUT2D eigenvalue weighted by molar-refractivity contribution is 0.176. The van der Waals surface area contributed by atoms with Gasteiger partial charge in [0, 0.05) is 16.5 Å². The van der Waals surface area contributed by atoms with E-state index in [0.29, 0.717) is 16.0 Å². The molecule has 0 aliphatic carbocycles. The summed E-state index contributed by atoms with van der Waals surface area (Å²) in [6, 6.07) is 17.2. The molecule has 0 radical (unpaired) electrons. The first-order chi connectivity index (χ1) is 11.2. The van der Waals surface area contributed by atoms with Gasteiger partial charge >= 0.3 is 0 Å². The van der Waals surface area contributed by atoms with Crippen LogP contribution in [0.2, 0.25) is 0 Å². The quantitative estimate of drug-likeness (QED) is 0.607. The Labute approximate surface area is 136 Å². The van der Waals surface area contributed by atoms with Gasteiger partial charge in [-0.2, -0.15) is 0 Å². The number of aromatic nitrogens is 2. The molecule has 4 rings (SSSR count). The molecular weight excluding hydrogens is 308 g/mol. The molecule has 0 aliphatic heterocycles. The van der Waals surface area contributed by atoms with Gasteiger partial charge in [0.15, 0.2) is 0 Å². The van der Waals surface area contributed by atoms with Crippen molar-refractivity contribution >= 4 is 31.6 Å². The normalized spacial score (nSPS) is 12.7. The van der Waals surface area contributed by atoms with Gasteiger partial charge in [-0.1, -0.05) is 48.5 Å². The average Bonchev–Trinajstić information content (AvgIpc) is 2.94. The fraction of sp³-hybridized carbons (Fsp3) is 0.111. The molecule has 2 aromatic carbocycles. The number of hydrogen-bond acceptors (Lipinski definition) is 4. The van der Waals surface area contributed by atoms with Crippen molar-refractivity contribution in [3.8, 4) is 0 Å². The molecule has 1 unspecified atom stereocenters. The van der Waals surface area contributed by atoms with E-state index in [0.717, 1.165) is 15.6 Å². The molecule has 0 saturated carbocycles. The van der Waals surface area contributed by atoms with E-state index in [-0.39, 0.29) is 12.0 Å². The van der Waals surface area contributed by atoms with Crippen LogP contribution in [0.15, 0.2) is 59.4 Å². The number of rotatable bonds is 3. The molecule has 0 bridgehead atoms. The summed E-state index contributed by atoms with van der Waals surface area (Å²) in [6.45, 7) is 0. The Morgan fingerprint density at radius 1 is 1.09 bits per heavy atom. The number of aliphatic hydroxyl groups is 1. The Bertz CT molecular complexity index is 1040. The molecule has 2 N–H and O–H groups in total. The monoisotopic (exact) mass is 322 g/mol. The summed E-state index contributed by atoms with van der Waals surface area (Å²) in [5.74, 6) is 0.505. The second-order valence-electron chi connectivity index (χ2n) is 5.42. The van der Waals surface area contributed by atoms with Crippen molar-refractivity contribution in [2.75, 3.05) is 0 Å². The van der Waals surface area contributed by atoms with Crippen molar-refractivity contribution < 1.29 is 5.11 Å². The van der Waals surface area contributed by atoms with E-state index in [9.17, 15) is 9.90 Å². The molecule has 0 spiro atoms. The largest absolute Gasteiger partial charge is 0.388 e. The van der Waals surface area contributed by atoms with E-state index < -0.39 is 6.10 Å². The third-order valence-electron chi connectivity index (χ3n) is 3.87. The molecule has 114 valence electrons. The standard InChI is InChI=1S/C18H14N2O2S/c21-13(11-6-2-1-3-7-11)10-15-19-17(22)16-12-8-4-5-9-14(12)23-18(16)20-15/h1-9,13,21H,10H2,(H,19,20,22). The molecule has 5 heteroatoms. The van der Waals surface area contributed by atoms with Crippen LogP contribution in [0.5, 0.6) is 0 Å². The van der Waals surface area contributed by atoms with Crippen molar-refractivity contribution in [1.82, 2.24) is 9.97 Å². The van der Waals surface area contributed by atoms with Gasteiger partial charge in [-0.05, 0) is 11.6 Å². The van der Waals surface area contributed by atoms with E-state index in [1.807, 2.05) is 54.6 Å². The first-order valence-electron chi connectivity index (χ1n) is 7.36. The Kier molecular flexibility index (Phi) is 3.44. The second-order valence-corrected chi connectivity index (χ2v) is 6.45. The van der Waals surface area contributed by atoms with Crippen LogP contribution in [0, 0.1) is 0 Å². The highest BCUT2D eigenvalue weighted by Crippen LogP contribution is 2.30. The molecule has 2 aromatic heterocycles. The zero-order valence-corrected chi connectivity index (χ0v) is 13.0. The molecular formula is C18H14N2O2S. The maximum atomic E-state index is 12.4. The van der Waals surface area contributed by atoms with Crippen molar-refractivity contribution in [3.05, 3.63) is 76.3 Å². The number of aliphatic hydroxyl groups excluding tert-OH is 1. The minimum Gasteiger partial charge on any atom is -0.388 e. The van der Waals surface area contributed by atoms with E-state index in [4.69, 9.17) is 0 Å². The van der Waals surface area contributed by atoms with E-state index in [1.165, 1.54) is 11.3 Å². The Morgan fingerprint density at radius 2 is 1.83 bits per heavy atom. The fourth-order valence-corrected chi connectivity index (χ4v) is 3.84. The van der Waals surface area contributed by atoms with E-state index in [2.05, 4.69) is 9.97 Å². The smallest absolute Gasteiger partial charge is 0.260 e. The van der Waals surface area contributed by atoms with Crippen LogP contribution in [0.25, 0.3) is 20.3 Å². The topological polar surface area (TPSA) is 66.0 Å². The molecule has 4 nitrogen and oxygen atoms in total. The Morgan fingerprint density at radius 3 is 2.65 bits per heavy atom. The first-order valence-corrected chi connectivity index (χ1v) is 8.17. The highest BCUT2D eigenvalue weighted by molar-refractivity contribution is 7.25. The van der Waals surface area contributed by atoms with Gasteiger partial charge in [0.1, 0.15) is 10.7 Å². The van der Waals surface area contributed by atoms with Crippen molar-refractivity contribution in [3.63, 3.8) is 0 Å². The van der Waals surface area contributed by atoms with Gasteiger partial charge in [-0.25, -0.2) is 4.98 Å². The van der Waals surface area contributed by atoms with Gasteiger partial charge in [0.25, 0.3) is 5.56 Å². The predicted octanol–water partition coefficient (Wildman–Crippen LogP) is 3.41. The van der Waals surface area contributed by atoms with Crippen LogP contribution >= 0.6 is 11.3 Å². The van der Waals surface area contributed by atoms with Gasteiger partial charge < -0.3 is 10.1 Å². The van der Waals surface area contributed by atoms with Crippen LogP contribution < -0.4 is 5.56 Å². The summed E-state index contributed by atoms with van der Waals surface area (Å²) < 4.78 is 1.04. The summed E-state index contributed by atoms with van der Waals surface area (Å²) in [5.41, 5.74) is 0.661. The van der Waals surface area contributed by atoms with Crippen molar-refractivity contribution in [2.45, 2.75) is 12.5 Å². The summed E-state index contributed by atoms with van der Waals surface area (Å²) >= 11 is 1.50. The lowest BCUT2D eigenvalue weighted by Crippen LogP contribution is -2.13. The van der Waals surface area contributed by atoms with Crippen molar-refractivity contribution in [2.24, 2.45) is 0 Å². The van der Waals surface area contributed by atoms with E-state index in [1.54, 1.807) is 0 Å². The lowest BCUT2D eigenvalue weighted by atomic mass is 10.1. The lowest BCUT2D eigenvalue weighted by Gasteiger charge is -2.10. The zero-order valence-electron chi connectivity index (χ0n) is 12.2. The summed E-state index contributed by atoms with van der Waals surface area (Å²) in [7, 11) is 0. The third-order valence-corrected chi connectivity index (χ3v) is 4.93. The number of H-pyrrole nitrogens is 1. The van der Waals surface area contributed by atoms with Crippen LogP contribution in [0.4, 0.5) is 0 Å². The van der Waals surface area contributed by atoms with Crippen molar-refractivity contribution in [1.29, 1.82) is 0 Å². The average molecular weight is 322 g/mol. The molecule has 0 aliphatic rings. The minimum absolute atomic E-state index is 0.150. The number of aromatic amines is 1. The Hall–Kier alpha value is -2.50. The minimum atomic E-state index is -0.689. The van der Waals surface area contributed by atoms with Crippen LogP contribution in [-0.2, 0) is 6.42 Å². The highest BCUT2D eigenvalue weighted by atomic mass is 32.1. The van der Waals surface area contributed by atoms with Gasteiger partial charge in [0.2, 0.25) is 0 Å². The molecule has 1 atom stereocenters. The molecule has 0 saturated heterocycles. The number of hydrogen-bond donors (Lipinski definition) is 2. The molecule has 23 heavy (non-hydrogen) atoms. The molecule has 0 fully saturated rings. The van der Waals surface area contributed by atoms with Crippen LogP contribution in [-0.4, -0.2) is 15.1 Å². The van der Waals surface area contributed by atoms with Crippen LogP contribution in [0.3, 0.4) is 0 Å². The fourth-order valence-electron chi connectivity index (χ4n) is 2.75. The number of nitrogens with zero attached hydrogens (tertiary/aromatic N) is 1.